The van der Waals surface area contributed by atoms with Crippen LogP contribution in [0.1, 0.15) is 78.1 Å². The van der Waals surface area contributed by atoms with E-state index in [9.17, 15) is 5.26 Å². The highest BCUT2D eigenvalue weighted by Gasteiger charge is 2.55. The summed E-state index contributed by atoms with van der Waals surface area (Å²) in [5.74, 6) is 0. The summed E-state index contributed by atoms with van der Waals surface area (Å²) in [4.78, 5) is 6.53. The monoisotopic (exact) mass is 276 g/mol. The van der Waals surface area contributed by atoms with E-state index in [4.69, 9.17) is 4.84 Å². The van der Waals surface area contributed by atoms with E-state index in [1.54, 1.807) is 0 Å². The van der Waals surface area contributed by atoms with E-state index in [1.807, 2.05) is 0 Å². The van der Waals surface area contributed by atoms with Crippen LogP contribution in [0.2, 0.25) is 0 Å². The zero-order valence-corrected chi connectivity index (χ0v) is 13.0. The van der Waals surface area contributed by atoms with Crippen molar-refractivity contribution in [2.75, 3.05) is 0 Å². The van der Waals surface area contributed by atoms with E-state index >= 15 is 0 Å². The molecule has 1 saturated heterocycles. The molecule has 0 amide bonds. The second-order valence-corrected chi connectivity index (χ2v) is 7.59. The van der Waals surface area contributed by atoms with E-state index < -0.39 is 0 Å². The van der Waals surface area contributed by atoms with Crippen LogP contribution in [-0.2, 0) is 4.84 Å². The molecule has 0 aromatic heterocycles. The Morgan fingerprint density at radius 2 is 1.75 bits per heavy atom. The first-order valence-corrected chi connectivity index (χ1v) is 8.45. The lowest BCUT2D eigenvalue weighted by Gasteiger charge is -2.58. The zero-order valence-electron chi connectivity index (χ0n) is 13.0. The summed E-state index contributed by atoms with van der Waals surface area (Å²) in [7, 11) is 0. The molecule has 112 valence electrons. The fourth-order valence-electron chi connectivity index (χ4n) is 4.60. The molecule has 1 aliphatic heterocycles. The van der Waals surface area contributed by atoms with Crippen molar-refractivity contribution in [2.45, 2.75) is 95.7 Å². The van der Waals surface area contributed by atoms with Gasteiger partial charge >= 0.3 is 0 Å². The molecule has 3 rings (SSSR count). The van der Waals surface area contributed by atoms with Gasteiger partial charge in [-0.3, -0.25) is 4.84 Å². The maximum absolute atomic E-state index is 9.61. The highest BCUT2D eigenvalue weighted by Crippen LogP contribution is 2.53. The van der Waals surface area contributed by atoms with Gasteiger partial charge < -0.3 is 0 Å². The Morgan fingerprint density at radius 3 is 2.45 bits per heavy atom. The highest BCUT2D eigenvalue weighted by atomic mass is 16.7. The third-order valence-corrected chi connectivity index (χ3v) is 6.25. The van der Waals surface area contributed by atoms with Gasteiger partial charge in [0.25, 0.3) is 0 Å². The molecule has 0 aromatic rings. The molecule has 3 atom stereocenters. The molecular weight excluding hydrogens is 248 g/mol. The van der Waals surface area contributed by atoms with E-state index in [1.165, 1.54) is 51.4 Å². The van der Waals surface area contributed by atoms with Crippen LogP contribution in [0.25, 0.3) is 0 Å². The highest BCUT2D eigenvalue weighted by molar-refractivity contribution is 5.07. The Hall–Kier alpha value is -0.590. The lowest BCUT2D eigenvalue weighted by Crippen LogP contribution is -2.62. The Morgan fingerprint density at radius 1 is 1.05 bits per heavy atom. The van der Waals surface area contributed by atoms with Crippen LogP contribution in [0.4, 0.5) is 0 Å². The van der Waals surface area contributed by atoms with Gasteiger partial charge in [0.2, 0.25) is 0 Å². The third kappa shape index (κ3) is 2.27. The summed E-state index contributed by atoms with van der Waals surface area (Å²) in [5, 5.41) is 11.7. The second-order valence-electron chi connectivity index (χ2n) is 7.59. The summed E-state index contributed by atoms with van der Waals surface area (Å²) >= 11 is 0. The fraction of sp³-hybridized carbons (Fsp3) is 0.941. The van der Waals surface area contributed by atoms with Crippen molar-refractivity contribution < 1.29 is 4.84 Å². The van der Waals surface area contributed by atoms with Gasteiger partial charge in [0.1, 0.15) is 6.04 Å². The topological polar surface area (TPSA) is 36.3 Å². The second kappa shape index (κ2) is 5.31. The number of rotatable bonds is 1. The van der Waals surface area contributed by atoms with Crippen LogP contribution in [0.15, 0.2) is 0 Å². The number of hydrogen-bond acceptors (Lipinski definition) is 3. The summed E-state index contributed by atoms with van der Waals surface area (Å²) in [6, 6.07) is 2.95. The first-order valence-electron chi connectivity index (χ1n) is 8.45. The number of hydroxylamine groups is 2. The number of nitriles is 1. The van der Waals surface area contributed by atoms with Crippen molar-refractivity contribution in [3.8, 4) is 6.07 Å². The molecule has 3 heteroatoms. The number of hydrogen-bond donors (Lipinski definition) is 0. The van der Waals surface area contributed by atoms with Crippen molar-refractivity contribution in [1.82, 2.24) is 5.06 Å². The maximum atomic E-state index is 9.61. The quantitative estimate of drug-likeness (QED) is 0.720. The largest absolute Gasteiger partial charge is 0.291 e. The van der Waals surface area contributed by atoms with E-state index in [2.05, 4.69) is 25.0 Å². The van der Waals surface area contributed by atoms with Crippen molar-refractivity contribution in [2.24, 2.45) is 5.41 Å². The van der Waals surface area contributed by atoms with Crippen LogP contribution < -0.4 is 0 Å². The van der Waals surface area contributed by atoms with Crippen LogP contribution in [-0.4, -0.2) is 22.7 Å². The standard InChI is InChI=1S/C17H28N2O/c1-16-10-6-7-11-17(16,2)20-19(15(12-16)13-18)14-8-4-3-5-9-14/h14-15H,3-12H2,1-2H3. The summed E-state index contributed by atoms with van der Waals surface area (Å²) in [5.41, 5.74) is 0.118. The Kier molecular flexibility index (Phi) is 3.81. The molecule has 0 aromatic carbocycles. The van der Waals surface area contributed by atoms with Gasteiger partial charge in [0.15, 0.2) is 0 Å². The molecule has 2 aliphatic carbocycles. The molecule has 0 radical (unpaired) electrons. The molecule has 0 bridgehead atoms. The molecule has 1 heterocycles. The Labute approximate surface area is 123 Å². The molecular formula is C17H28N2O. The fourth-order valence-corrected chi connectivity index (χ4v) is 4.60. The zero-order chi connectivity index (χ0) is 14.2. The summed E-state index contributed by atoms with van der Waals surface area (Å²) in [6.45, 7) is 4.63. The minimum atomic E-state index is -0.0595. The van der Waals surface area contributed by atoms with Gasteiger partial charge in [0, 0.05) is 11.5 Å². The molecule has 3 nitrogen and oxygen atoms in total. The van der Waals surface area contributed by atoms with Gasteiger partial charge in [-0.1, -0.05) is 39.0 Å². The van der Waals surface area contributed by atoms with Gasteiger partial charge in [-0.05, 0) is 39.0 Å². The van der Waals surface area contributed by atoms with Gasteiger partial charge in [0.05, 0.1) is 11.7 Å². The molecule has 3 fully saturated rings. The first kappa shape index (κ1) is 14.4. The summed E-state index contributed by atoms with van der Waals surface area (Å²) < 4.78 is 0. The smallest absolute Gasteiger partial charge is 0.123 e. The lowest BCUT2D eigenvalue weighted by atomic mass is 9.61. The van der Waals surface area contributed by atoms with Gasteiger partial charge in [-0.15, -0.1) is 0 Å². The number of fused-ring (bicyclic) bond motifs is 1. The van der Waals surface area contributed by atoms with Gasteiger partial charge in [-0.2, -0.15) is 10.3 Å². The number of nitrogens with zero attached hydrogens (tertiary/aromatic N) is 2. The molecule has 0 spiro atoms. The van der Waals surface area contributed by atoms with E-state index in [-0.39, 0.29) is 17.1 Å². The van der Waals surface area contributed by atoms with Crippen molar-refractivity contribution in [3.05, 3.63) is 0 Å². The average molecular weight is 276 g/mol. The maximum Gasteiger partial charge on any atom is 0.123 e. The Bertz CT molecular complexity index is 398. The predicted molar refractivity (Wildman–Crippen MR) is 78.8 cm³/mol. The van der Waals surface area contributed by atoms with E-state index in [0.717, 1.165) is 12.8 Å². The minimum absolute atomic E-state index is 0.0470. The SMILES string of the molecule is CC12CCCCC1(C)ON(C1CCCCC1)C(C#N)C2. The van der Waals surface area contributed by atoms with Crippen molar-refractivity contribution >= 4 is 0 Å². The lowest BCUT2D eigenvalue weighted by molar-refractivity contribution is -0.348. The first-order chi connectivity index (χ1) is 9.58. The molecule has 2 saturated carbocycles. The normalized spacial score (nSPS) is 43.8. The summed E-state index contributed by atoms with van der Waals surface area (Å²) in [6.07, 6.45) is 12.2. The minimum Gasteiger partial charge on any atom is -0.291 e. The third-order valence-electron chi connectivity index (χ3n) is 6.25. The molecule has 3 unspecified atom stereocenters. The van der Waals surface area contributed by atoms with Crippen LogP contribution in [0.3, 0.4) is 0 Å². The molecule has 20 heavy (non-hydrogen) atoms. The van der Waals surface area contributed by atoms with E-state index in [0.29, 0.717) is 6.04 Å². The van der Waals surface area contributed by atoms with Crippen LogP contribution in [0.5, 0.6) is 0 Å². The van der Waals surface area contributed by atoms with Crippen molar-refractivity contribution in [1.29, 1.82) is 5.26 Å². The van der Waals surface area contributed by atoms with Crippen LogP contribution >= 0.6 is 0 Å². The molecule has 0 N–H and O–H groups in total. The average Bonchev–Trinajstić information content (AvgIpc) is 2.47. The van der Waals surface area contributed by atoms with Gasteiger partial charge in [-0.25, -0.2) is 0 Å². The predicted octanol–water partition coefficient (Wildman–Crippen LogP) is 4.19. The Balaban J connectivity index is 1.83. The van der Waals surface area contributed by atoms with Crippen molar-refractivity contribution in [3.63, 3.8) is 0 Å². The van der Waals surface area contributed by atoms with Crippen LogP contribution in [0, 0.1) is 16.7 Å². The molecule has 3 aliphatic rings.